The molecule has 3 nitrogen and oxygen atoms in total. The Hall–Kier alpha value is -1.51. The van der Waals surface area contributed by atoms with Gasteiger partial charge >= 0.3 is 0 Å². The summed E-state index contributed by atoms with van der Waals surface area (Å²) in [6, 6.07) is 3.93. The van der Waals surface area contributed by atoms with E-state index >= 15 is 0 Å². The summed E-state index contributed by atoms with van der Waals surface area (Å²) >= 11 is 0. The first-order valence-corrected chi connectivity index (χ1v) is 3.43. The van der Waals surface area contributed by atoms with E-state index < -0.39 is 0 Å². The van der Waals surface area contributed by atoms with Gasteiger partial charge in [0.2, 0.25) is 5.91 Å². The van der Waals surface area contributed by atoms with E-state index in [1.807, 2.05) is 22.9 Å². The highest BCUT2D eigenvalue weighted by molar-refractivity contribution is 5.96. The van der Waals surface area contributed by atoms with Gasteiger partial charge in [-0.1, -0.05) is 0 Å². The number of carbonyl (C=O) groups is 1. The van der Waals surface area contributed by atoms with Crippen molar-refractivity contribution in [3.05, 3.63) is 29.6 Å². The van der Waals surface area contributed by atoms with Crippen molar-refractivity contribution >= 4 is 12.1 Å². The molecule has 0 saturated heterocycles. The predicted molar refractivity (Wildman–Crippen MR) is 41.6 cm³/mol. The molecular weight excluding hydrogens is 140 g/mol. The minimum absolute atomic E-state index is 0.325. The molecule has 2 N–H and O–H groups in total. The summed E-state index contributed by atoms with van der Waals surface area (Å²) in [5.74, 6) is -0.325. The second kappa shape index (κ2) is 1.99. The second-order valence-electron chi connectivity index (χ2n) is 2.60. The monoisotopic (exact) mass is 148 g/mol. The molecule has 1 aromatic rings. The summed E-state index contributed by atoms with van der Waals surface area (Å²) in [7, 11) is 0. The first kappa shape index (κ1) is 6.22. The summed E-state index contributed by atoms with van der Waals surface area (Å²) in [5, 5.41) is 0. The zero-order valence-electron chi connectivity index (χ0n) is 5.95. The van der Waals surface area contributed by atoms with Crippen LogP contribution < -0.4 is 5.73 Å². The van der Waals surface area contributed by atoms with Crippen LogP contribution >= 0.6 is 0 Å². The molecule has 0 aromatic carbocycles. The fraction of sp³-hybridized carbons (Fsp3) is 0.125. The Morgan fingerprint density at radius 1 is 1.64 bits per heavy atom. The minimum Gasteiger partial charge on any atom is -0.366 e. The minimum atomic E-state index is -0.325. The van der Waals surface area contributed by atoms with Crippen molar-refractivity contribution in [2.75, 3.05) is 0 Å². The first-order chi connectivity index (χ1) is 5.27. The maximum atomic E-state index is 10.7. The summed E-state index contributed by atoms with van der Waals surface area (Å²) in [5.41, 5.74) is 6.92. The molecule has 0 aliphatic carbocycles. The van der Waals surface area contributed by atoms with Crippen molar-refractivity contribution in [1.29, 1.82) is 0 Å². The number of nitrogens with zero attached hydrogens (tertiary/aromatic N) is 1. The lowest BCUT2D eigenvalue weighted by molar-refractivity contribution is -0.114. The molecule has 1 amide bonds. The highest BCUT2D eigenvalue weighted by atomic mass is 16.1. The number of primary amides is 1. The molecule has 1 aliphatic heterocycles. The van der Waals surface area contributed by atoms with Gasteiger partial charge in [-0.15, -0.1) is 0 Å². The predicted octanol–water partition coefficient (Wildman–Crippen LogP) is 0.370. The molecule has 0 atom stereocenters. The van der Waals surface area contributed by atoms with Gasteiger partial charge in [-0.3, -0.25) is 4.79 Å². The summed E-state index contributed by atoms with van der Waals surface area (Å²) in [6.07, 6.45) is 4.35. The molecule has 0 fully saturated rings. The van der Waals surface area contributed by atoms with E-state index in [0.29, 0.717) is 12.0 Å². The Morgan fingerprint density at radius 2 is 2.45 bits per heavy atom. The number of fused-ring (bicyclic) bond motifs is 1. The molecule has 1 aromatic heterocycles. The van der Waals surface area contributed by atoms with Gasteiger partial charge in [-0.2, -0.15) is 0 Å². The molecular formula is C8H8N2O. The fourth-order valence-corrected chi connectivity index (χ4v) is 1.26. The molecule has 0 bridgehead atoms. The molecule has 11 heavy (non-hydrogen) atoms. The largest absolute Gasteiger partial charge is 0.366 e. The van der Waals surface area contributed by atoms with Crippen LogP contribution in [-0.4, -0.2) is 10.5 Å². The van der Waals surface area contributed by atoms with Gasteiger partial charge < -0.3 is 10.3 Å². The van der Waals surface area contributed by atoms with Crippen LogP contribution in [0.2, 0.25) is 0 Å². The number of hydrogen-bond donors (Lipinski definition) is 1. The Balaban J connectivity index is 2.38. The van der Waals surface area contributed by atoms with Crippen LogP contribution in [0.25, 0.3) is 6.20 Å². The third-order valence-electron chi connectivity index (χ3n) is 1.85. The summed E-state index contributed by atoms with van der Waals surface area (Å²) in [6.45, 7) is 0. The fourth-order valence-electron chi connectivity index (χ4n) is 1.26. The van der Waals surface area contributed by atoms with Gasteiger partial charge in [0.25, 0.3) is 0 Å². The van der Waals surface area contributed by atoms with Crippen molar-refractivity contribution in [1.82, 2.24) is 4.57 Å². The maximum absolute atomic E-state index is 10.7. The van der Waals surface area contributed by atoms with Crippen LogP contribution in [0.4, 0.5) is 0 Å². The van der Waals surface area contributed by atoms with Crippen molar-refractivity contribution in [3.8, 4) is 0 Å². The van der Waals surface area contributed by atoms with Crippen LogP contribution in [0.1, 0.15) is 5.69 Å². The molecule has 1 aliphatic rings. The molecule has 0 radical (unpaired) electrons. The molecule has 0 unspecified atom stereocenters. The van der Waals surface area contributed by atoms with Crippen LogP contribution in [-0.2, 0) is 11.2 Å². The number of rotatable bonds is 1. The van der Waals surface area contributed by atoms with Gasteiger partial charge in [0.1, 0.15) is 0 Å². The Labute approximate surface area is 64.1 Å². The molecule has 0 saturated carbocycles. The van der Waals surface area contributed by atoms with Crippen LogP contribution in [0.5, 0.6) is 0 Å². The lowest BCUT2D eigenvalue weighted by Crippen LogP contribution is -2.13. The van der Waals surface area contributed by atoms with E-state index in [1.54, 1.807) is 6.20 Å². The molecule has 3 heteroatoms. The van der Waals surface area contributed by atoms with Gasteiger partial charge in [0.05, 0.1) is 0 Å². The quantitative estimate of drug-likeness (QED) is 0.614. The number of hydrogen-bond acceptors (Lipinski definition) is 1. The smallest absolute Gasteiger partial charge is 0.246 e. The normalized spacial score (nSPS) is 14.4. The van der Waals surface area contributed by atoms with Crippen molar-refractivity contribution in [3.63, 3.8) is 0 Å². The maximum Gasteiger partial charge on any atom is 0.246 e. The topological polar surface area (TPSA) is 48.0 Å². The number of amides is 1. The van der Waals surface area contributed by atoms with E-state index in [0.717, 1.165) is 5.69 Å². The highest BCUT2D eigenvalue weighted by Gasteiger charge is 2.14. The number of nitrogens with two attached hydrogens (primary N) is 1. The Kier molecular flexibility index (Phi) is 1.12. The molecule has 0 spiro atoms. The molecule has 2 rings (SSSR count). The molecule has 56 valence electrons. The van der Waals surface area contributed by atoms with Crippen molar-refractivity contribution < 1.29 is 4.79 Å². The third kappa shape index (κ3) is 0.852. The highest BCUT2D eigenvalue weighted by Crippen LogP contribution is 2.17. The summed E-state index contributed by atoms with van der Waals surface area (Å²) in [4.78, 5) is 10.7. The van der Waals surface area contributed by atoms with Gasteiger partial charge in [-0.25, -0.2) is 0 Å². The van der Waals surface area contributed by atoms with Crippen LogP contribution in [0, 0.1) is 0 Å². The van der Waals surface area contributed by atoms with E-state index in [4.69, 9.17) is 5.73 Å². The number of aromatic nitrogens is 1. The van der Waals surface area contributed by atoms with E-state index in [-0.39, 0.29) is 5.91 Å². The Bertz CT molecular complexity index is 336. The van der Waals surface area contributed by atoms with E-state index in [1.165, 1.54) is 0 Å². The first-order valence-electron chi connectivity index (χ1n) is 3.43. The average molecular weight is 148 g/mol. The third-order valence-corrected chi connectivity index (χ3v) is 1.85. The zero-order valence-corrected chi connectivity index (χ0v) is 5.95. The van der Waals surface area contributed by atoms with E-state index in [9.17, 15) is 4.79 Å². The average Bonchev–Trinajstić information content (AvgIpc) is 2.40. The lowest BCUT2D eigenvalue weighted by Gasteiger charge is -1.90. The zero-order chi connectivity index (χ0) is 7.84. The van der Waals surface area contributed by atoms with Gasteiger partial charge in [0.15, 0.2) is 0 Å². The SMILES string of the molecule is NC(=O)C1=Cn2cccc2C1. The van der Waals surface area contributed by atoms with Crippen molar-refractivity contribution in [2.24, 2.45) is 5.73 Å². The lowest BCUT2D eigenvalue weighted by atomic mass is 10.2. The van der Waals surface area contributed by atoms with E-state index in [2.05, 4.69) is 0 Å². The summed E-state index contributed by atoms with van der Waals surface area (Å²) < 4.78 is 1.92. The number of carbonyl (C=O) groups excluding carboxylic acids is 1. The van der Waals surface area contributed by atoms with Crippen molar-refractivity contribution in [2.45, 2.75) is 6.42 Å². The van der Waals surface area contributed by atoms with Crippen LogP contribution in [0.3, 0.4) is 0 Å². The van der Waals surface area contributed by atoms with Gasteiger partial charge in [-0.05, 0) is 12.1 Å². The van der Waals surface area contributed by atoms with Crippen LogP contribution in [0.15, 0.2) is 23.9 Å². The second-order valence-corrected chi connectivity index (χ2v) is 2.60. The Morgan fingerprint density at radius 3 is 3.09 bits per heavy atom. The molecule has 2 heterocycles. The standard InChI is InChI=1S/C8H8N2O/c9-8(11)6-4-7-2-1-3-10(7)5-6/h1-3,5H,4H2,(H2,9,11). The van der Waals surface area contributed by atoms with Gasteiger partial charge in [0, 0.05) is 30.1 Å².